The Balaban J connectivity index is 2.47. The molecule has 0 saturated carbocycles. The van der Waals surface area contributed by atoms with Gasteiger partial charge >= 0.3 is 6.03 Å². The van der Waals surface area contributed by atoms with Crippen LogP contribution < -0.4 is 16.4 Å². The van der Waals surface area contributed by atoms with Gasteiger partial charge in [0.15, 0.2) is 0 Å². The number of hydrogen-bond donors (Lipinski definition) is 3. The summed E-state index contributed by atoms with van der Waals surface area (Å²) in [5.74, 6) is 0.657. The number of amides is 2. The predicted octanol–water partition coefficient (Wildman–Crippen LogP) is 3.65. The van der Waals surface area contributed by atoms with Crippen molar-refractivity contribution in [2.24, 2.45) is 11.7 Å². The molecule has 1 rings (SSSR count). The number of carbonyl (C=O) groups excluding carboxylic acids is 1. The van der Waals surface area contributed by atoms with Gasteiger partial charge in [-0.25, -0.2) is 4.79 Å². The maximum atomic E-state index is 11.9. The largest absolute Gasteiger partial charge is 0.335 e. The molecule has 4 nitrogen and oxygen atoms in total. The van der Waals surface area contributed by atoms with Gasteiger partial charge < -0.3 is 16.4 Å². The Hall–Kier alpha value is -1.55. The van der Waals surface area contributed by atoms with Gasteiger partial charge in [0.25, 0.3) is 0 Å². The van der Waals surface area contributed by atoms with E-state index in [0.717, 1.165) is 24.1 Å². The average Bonchev–Trinajstić information content (AvgIpc) is 2.36. The van der Waals surface area contributed by atoms with E-state index in [1.807, 2.05) is 38.1 Å². The Bertz CT molecular complexity index is 429. The minimum absolute atomic E-state index is 0.0372. The molecular formula is C16H27N3O. The highest BCUT2D eigenvalue weighted by atomic mass is 16.2. The van der Waals surface area contributed by atoms with Crippen LogP contribution in [0.4, 0.5) is 10.5 Å². The lowest BCUT2D eigenvalue weighted by molar-refractivity contribution is 0.248. The van der Waals surface area contributed by atoms with Crippen LogP contribution in [0.25, 0.3) is 0 Å². The first-order valence-corrected chi connectivity index (χ1v) is 7.31. The van der Waals surface area contributed by atoms with Crippen molar-refractivity contribution in [3.63, 3.8) is 0 Å². The highest BCUT2D eigenvalue weighted by Crippen LogP contribution is 2.15. The number of hydrogen-bond acceptors (Lipinski definition) is 2. The van der Waals surface area contributed by atoms with Crippen LogP contribution in [0.15, 0.2) is 24.3 Å². The molecule has 20 heavy (non-hydrogen) atoms. The van der Waals surface area contributed by atoms with Crippen molar-refractivity contribution in [1.82, 2.24) is 5.32 Å². The normalized spacial score (nSPS) is 13.9. The van der Waals surface area contributed by atoms with Gasteiger partial charge in [-0.15, -0.1) is 0 Å². The highest BCUT2D eigenvalue weighted by molar-refractivity contribution is 5.89. The minimum Gasteiger partial charge on any atom is -0.335 e. The van der Waals surface area contributed by atoms with E-state index < -0.39 is 0 Å². The summed E-state index contributed by atoms with van der Waals surface area (Å²) in [4.78, 5) is 11.9. The fraction of sp³-hybridized carbons (Fsp3) is 0.562. The van der Waals surface area contributed by atoms with E-state index >= 15 is 0 Å². The minimum atomic E-state index is -0.164. The van der Waals surface area contributed by atoms with Crippen LogP contribution in [0.3, 0.4) is 0 Å². The molecule has 1 aromatic carbocycles. The molecule has 0 bridgehead atoms. The van der Waals surface area contributed by atoms with Crippen molar-refractivity contribution < 1.29 is 4.79 Å². The molecule has 1 aromatic rings. The van der Waals surface area contributed by atoms with Gasteiger partial charge in [-0.1, -0.05) is 26.0 Å². The number of anilines is 1. The Morgan fingerprint density at radius 1 is 1.20 bits per heavy atom. The standard InChI is InChI=1S/C16H27N3O/c1-11(2)8-9-12(3)18-16(20)19-15-7-5-6-14(10-15)13(4)17/h5-7,10-13H,8-9,17H2,1-4H3,(H2,18,19,20). The van der Waals surface area contributed by atoms with Crippen LogP contribution in [0.2, 0.25) is 0 Å². The Kier molecular flexibility index (Phi) is 6.52. The quantitative estimate of drug-likeness (QED) is 0.743. The lowest BCUT2D eigenvalue weighted by Crippen LogP contribution is -2.36. The SMILES string of the molecule is CC(C)CCC(C)NC(=O)Nc1cccc(C(C)N)c1. The van der Waals surface area contributed by atoms with E-state index in [4.69, 9.17) is 5.73 Å². The molecule has 4 N–H and O–H groups in total. The van der Waals surface area contributed by atoms with E-state index in [9.17, 15) is 4.79 Å². The van der Waals surface area contributed by atoms with Crippen LogP contribution in [-0.4, -0.2) is 12.1 Å². The van der Waals surface area contributed by atoms with Gasteiger partial charge in [0, 0.05) is 17.8 Å². The average molecular weight is 277 g/mol. The fourth-order valence-electron chi connectivity index (χ4n) is 1.95. The number of carbonyl (C=O) groups is 1. The number of rotatable bonds is 6. The van der Waals surface area contributed by atoms with Crippen LogP contribution in [0.1, 0.15) is 52.1 Å². The summed E-state index contributed by atoms with van der Waals surface area (Å²) in [6.07, 6.45) is 2.10. The molecule has 0 heterocycles. The van der Waals surface area contributed by atoms with Crippen LogP contribution in [-0.2, 0) is 0 Å². The molecule has 0 radical (unpaired) electrons. The molecule has 0 saturated heterocycles. The van der Waals surface area contributed by atoms with Crippen LogP contribution >= 0.6 is 0 Å². The zero-order valence-corrected chi connectivity index (χ0v) is 12.9. The molecule has 0 spiro atoms. The van der Waals surface area contributed by atoms with Crippen LogP contribution in [0, 0.1) is 5.92 Å². The summed E-state index contributed by atoms with van der Waals surface area (Å²) in [7, 11) is 0. The van der Waals surface area contributed by atoms with Gasteiger partial charge in [-0.3, -0.25) is 0 Å². The summed E-state index contributed by atoms with van der Waals surface area (Å²) >= 11 is 0. The number of nitrogens with two attached hydrogens (primary N) is 1. The molecule has 0 aliphatic heterocycles. The summed E-state index contributed by atoms with van der Waals surface area (Å²) < 4.78 is 0. The molecule has 0 aliphatic carbocycles. The van der Waals surface area contributed by atoms with Crippen molar-refractivity contribution in [1.29, 1.82) is 0 Å². The second-order valence-electron chi connectivity index (χ2n) is 5.88. The molecule has 0 aromatic heterocycles. The molecule has 0 fully saturated rings. The van der Waals surface area contributed by atoms with E-state index in [1.165, 1.54) is 0 Å². The Morgan fingerprint density at radius 2 is 1.90 bits per heavy atom. The molecule has 2 atom stereocenters. The zero-order chi connectivity index (χ0) is 15.1. The number of benzene rings is 1. The van der Waals surface area contributed by atoms with Crippen molar-refractivity contribution in [3.8, 4) is 0 Å². The lowest BCUT2D eigenvalue weighted by atomic mass is 10.0. The summed E-state index contributed by atoms with van der Waals surface area (Å²) in [6, 6.07) is 7.60. The van der Waals surface area contributed by atoms with Gasteiger partial charge in [0.2, 0.25) is 0 Å². The zero-order valence-electron chi connectivity index (χ0n) is 12.9. The summed E-state index contributed by atoms with van der Waals surface area (Å²) in [6.45, 7) is 8.33. The lowest BCUT2D eigenvalue weighted by Gasteiger charge is -2.16. The van der Waals surface area contributed by atoms with Gasteiger partial charge in [0.05, 0.1) is 0 Å². The number of urea groups is 1. The molecule has 2 amide bonds. The summed E-state index contributed by atoms with van der Waals surface area (Å²) in [5.41, 5.74) is 7.62. The first kappa shape index (κ1) is 16.5. The predicted molar refractivity (Wildman–Crippen MR) is 84.7 cm³/mol. The first-order valence-electron chi connectivity index (χ1n) is 7.31. The number of nitrogens with one attached hydrogen (secondary N) is 2. The molecule has 112 valence electrons. The van der Waals surface area contributed by atoms with Gasteiger partial charge in [-0.2, -0.15) is 0 Å². The smallest absolute Gasteiger partial charge is 0.319 e. The van der Waals surface area contributed by atoms with E-state index in [1.54, 1.807) is 0 Å². The van der Waals surface area contributed by atoms with Crippen molar-refractivity contribution >= 4 is 11.7 Å². The molecule has 0 aliphatic rings. The Labute approximate surface area is 122 Å². The Morgan fingerprint density at radius 3 is 2.50 bits per heavy atom. The summed E-state index contributed by atoms with van der Waals surface area (Å²) in [5, 5.41) is 5.80. The molecule has 4 heteroatoms. The van der Waals surface area contributed by atoms with Crippen LogP contribution in [0.5, 0.6) is 0 Å². The van der Waals surface area contributed by atoms with E-state index in [0.29, 0.717) is 5.92 Å². The second-order valence-corrected chi connectivity index (χ2v) is 5.88. The highest BCUT2D eigenvalue weighted by Gasteiger charge is 2.09. The van der Waals surface area contributed by atoms with Crippen molar-refractivity contribution in [2.75, 3.05) is 5.32 Å². The second kappa shape index (κ2) is 7.90. The van der Waals surface area contributed by atoms with E-state index in [2.05, 4.69) is 24.5 Å². The third-order valence-electron chi connectivity index (χ3n) is 3.22. The van der Waals surface area contributed by atoms with Gasteiger partial charge in [0.1, 0.15) is 0 Å². The maximum Gasteiger partial charge on any atom is 0.319 e. The van der Waals surface area contributed by atoms with Crippen molar-refractivity contribution in [3.05, 3.63) is 29.8 Å². The van der Waals surface area contributed by atoms with Gasteiger partial charge in [-0.05, 0) is 50.3 Å². The fourth-order valence-corrected chi connectivity index (χ4v) is 1.95. The van der Waals surface area contributed by atoms with Crippen molar-refractivity contribution in [2.45, 2.75) is 52.6 Å². The first-order chi connectivity index (χ1) is 9.38. The maximum absolute atomic E-state index is 11.9. The molecular weight excluding hydrogens is 250 g/mol. The van der Waals surface area contributed by atoms with E-state index in [-0.39, 0.29) is 18.1 Å². The third-order valence-corrected chi connectivity index (χ3v) is 3.22. The monoisotopic (exact) mass is 277 g/mol. The molecule has 2 unspecified atom stereocenters. The topological polar surface area (TPSA) is 67.2 Å². The third kappa shape index (κ3) is 6.06.